The highest BCUT2D eigenvalue weighted by atomic mass is 35.5. The normalized spacial score (nSPS) is 10.6. The Labute approximate surface area is 87.1 Å². The zero-order valence-corrected chi connectivity index (χ0v) is 8.34. The molecule has 0 bridgehead atoms. The van der Waals surface area contributed by atoms with E-state index < -0.39 is 0 Å². The number of aromatic amines is 1. The van der Waals surface area contributed by atoms with Gasteiger partial charge in [-0.3, -0.25) is 0 Å². The Kier molecular flexibility index (Phi) is 2.91. The van der Waals surface area contributed by atoms with Crippen LogP contribution in [0.15, 0.2) is 35.1 Å². The molecule has 0 fully saturated rings. The third kappa shape index (κ3) is 2.40. The van der Waals surface area contributed by atoms with E-state index in [0.29, 0.717) is 0 Å². The Balaban J connectivity index is 1.78. The summed E-state index contributed by atoms with van der Waals surface area (Å²) in [6, 6.07) is 5.72. The number of aromatic nitrogens is 1. The number of hydrogen-bond acceptors (Lipinski definition) is 2. The van der Waals surface area contributed by atoms with Gasteiger partial charge in [0.25, 0.3) is 0 Å². The Morgan fingerprint density at radius 3 is 3.00 bits per heavy atom. The maximum absolute atomic E-state index is 5.76. The Morgan fingerprint density at radius 1 is 1.43 bits per heavy atom. The van der Waals surface area contributed by atoms with Crippen LogP contribution in [-0.4, -0.2) is 4.98 Å². The minimum atomic E-state index is 0.726. The van der Waals surface area contributed by atoms with Crippen LogP contribution < -0.4 is 5.32 Å². The van der Waals surface area contributed by atoms with E-state index in [1.807, 2.05) is 18.2 Å². The first-order valence-corrected chi connectivity index (χ1v) is 4.78. The van der Waals surface area contributed by atoms with Crippen molar-refractivity contribution < 1.29 is 4.42 Å². The zero-order valence-electron chi connectivity index (χ0n) is 7.59. The lowest BCUT2D eigenvalue weighted by molar-refractivity contribution is 0.482. The van der Waals surface area contributed by atoms with Gasteiger partial charge in [-0.1, -0.05) is 11.6 Å². The summed E-state index contributed by atoms with van der Waals surface area (Å²) in [5, 5.41) is 3.97. The van der Waals surface area contributed by atoms with Crippen LogP contribution in [0.2, 0.25) is 5.02 Å². The van der Waals surface area contributed by atoms with E-state index in [1.54, 1.807) is 12.5 Å². The van der Waals surface area contributed by atoms with E-state index in [2.05, 4.69) is 10.3 Å². The lowest BCUT2D eigenvalue weighted by atomic mass is 10.4. The molecule has 0 aromatic carbocycles. The van der Waals surface area contributed by atoms with Gasteiger partial charge in [0, 0.05) is 18.4 Å². The summed E-state index contributed by atoms with van der Waals surface area (Å²) >= 11 is 5.76. The highest BCUT2D eigenvalue weighted by Gasteiger charge is 1.97. The average Bonchev–Trinajstić information content (AvgIpc) is 2.77. The van der Waals surface area contributed by atoms with Gasteiger partial charge in [-0.2, -0.15) is 0 Å². The van der Waals surface area contributed by atoms with Crippen LogP contribution in [0.25, 0.3) is 0 Å². The second-order valence-electron chi connectivity index (χ2n) is 3.03. The summed E-state index contributed by atoms with van der Waals surface area (Å²) in [6.07, 6.45) is 3.44. The number of nitrogens with one attached hydrogen (secondary N) is 2. The Bertz CT molecular complexity index is 380. The SMILES string of the molecule is Clc1c[nH]c(CNCc2ccco2)c1. The molecule has 0 saturated heterocycles. The molecule has 0 amide bonds. The molecule has 0 radical (unpaired) electrons. The fraction of sp³-hybridized carbons (Fsp3) is 0.200. The van der Waals surface area contributed by atoms with Crippen molar-refractivity contribution in [2.75, 3.05) is 0 Å². The van der Waals surface area contributed by atoms with E-state index >= 15 is 0 Å². The summed E-state index contributed by atoms with van der Waals surface area (Å²) in [4.78, 5) is 3.06. The number of rotatable bonds is 4. The van der Waals surface area contributed by atoms with Crippen LogP contribution in [-0.2, 0) is 13.1 Å². The molecule has 3 nitrogen and oxygen atoms in total. The van der Waals surface area contributed by atoms with Gasteiger partial charge in [0.15, 0.2) is 0 Å². The molecule has 0 aliphatic heterocycles. The van der Waals surface area contributed by atoms with E-state index in [9.17, 15) is 0 Å². The van der Waals surface area contributed by atoms with Crippen LogP contribution in [0.5, 0.6) is 0 Å². The molecule has 0 aliphatic rings. The lowest BCUT2D eigenvalue weighted by Gasteiger charge is -1.99. The van der Waals surface area contributed by atoms with Gasteiger partial charge in [-0.15, -0.1) is 0 Å². The van der Waals surface area contributed by atoms with Crippen molar-refractivity contribution in [3.8, 4) is 0 Å². The van der Waals surface area contributed by atoms with Crippen molar-refractivity contribution in [3.63, 3.8) is 0 Å². The molecule has 74 valence electrons. The number of H-pyrrole nitrogens is 1. The molecule has 0 saturated carbocycles. The van der Waals surface area contributed by atoms with Crippen LogP contribution in [0.1, 0.15) is 11.5 Å². The third-order valence-corrected chi connectivity index (χ3v) is 2.12. The predicted molar refractivity (Wildman–Crippen MR) is 55.1 cm³/mol. The minimum absolute atomic E-state index is 0.726. The molecule has 0 unspecified atom stereocenters. The summed E-state index contributed by atoms with van der Waals surface area (Å²) < 4.78 is 5.18. The predicted octanol–water partition coefficient (Wildman–Crippen LogP) is 2.55. The second-order valence-corrected chi connectivity index (χ2v) is 3.46. The maximum atomic E-state index is 5.76. The molecule has 14 heavy (non-hydrogen) atoms. The molecule has 2 rings (SSSR count). The maximum Gasteiger partial charge on any atom is 0.117 e. The van der Waals surface area contributed by atoms with Crippen molar-refractivity contribution in [2.45, 2.75) is 13.1 Å². The number of furan rings is 1. The number of hydrogen-bond donors (Lipinski definition) is 2. The van der Waals surface area contributed by atoms with Gasteiger partial charge in [0.05, 0.1) is 17.8 Å². The van der Waals surface area contributed by atoms with Crippen molar-refractivity contribution >= 4 is 11.6 Å². The molecule has 0 spiro atoms. The quantitative estimate of drug-likeness (QED) is 0.815. The molecular weight excluding hydrogens is 200 g/mol. The van der Waals surface area contributed by atoms with E-state index in [4.69, 9.17) is 16.0 Å². The first kappa shape index (κ1) is 9.37. The van der Waals surface area contributed by atoms with Gasteiger partial charge >= 0.3 is 0 Å². The average molecular weight is 211 g/mol. The van der Waals surface area contributed by atoms with Crippen molar-refractivity contribution in [1.82, 2.24) is 10.3 Å². The molecular formula is C10H11ClN2O. The summed E-state index contributed by atoms with van der Waals surface area (Å²) in [6.45, 7) is 1.48. The van der Waals surface area contributed by atoms with E-state index in [-0.39, 0.29) is 0 Å². The van der Waals surface area contributed by atoms with Gasteiger partial charge in [-0.05, 0) is 18.2 Å². The van der Waals surface area contributed by atoms with Crippen LogP contribution in [0, 0.1) is 0 Å². The highest BCUT2D eigenvalue weighted by molar-refractivity contribution is 6.30. The van der Waals surface area contributed by atoms with Crippen LogP contribution in [0.3, 0.4) is 0 Å². The van der Waals surface area contributed by atoms with Gasteiger partial charge in [0.2, 0.25) is 0 Å². The first-order valence-electron chi connectivity index (χ1n) is 4.40. The molecule has 2 aromatic heterocycles. The molecule has 0 atom stereocenters. The van der Waals surface area contributed by atoms with E-state index in [1.165, 1.54) is 0 Å². The fourth-order valence-electron chi connectivity index (χ4n) is 1.25. The third-order valence-electron chi connectivity index (χ3n) is 1.90. The zero-order chi connectivity index (χ0) is 9.80. The summed E-state index contributed by atoms with van der Waals surface area (Å²) in [5.41, 5.74) is 1.07. The first-order chi connectivity index (χ1) is 6.84. The van der Waals surface area contributed by atoms with Gasteiger partial charge in [-0.25, -0.2) is 0 Å². The van der Waals surface area contributed by atoms with Crippen molar-refractivity contribution in [2.24, 2.45) is 0 Å². The molecule has 4 heteroatoms. The minimum Gasteiger partial charge on any atom is -0.468 e. The van der Waals surface area contributed by atoms with Crippen LogP contribution in [0.4, 0.5) is 0 Å². The van der Waals surface area contributed by atoms with E-state index in [0.717, 1.165) is 29.6 Å². The number of halogens is 1. The second kappa shape index (κ2) is 4.35. The van der Waals surface area contributed by atoms with Crippen LogP contribution >= 0.6 is 11.6 Å². The fourth-order valence-corrected chi connectivity index (χ4v) is 1.43. The van der Waals surface area contributed by atoms with Gasteiger partial charge in [0.1, 0.15) is 5.76 Å². The standard InChI is InChI=1S/C10H11ClN2O/c11-8-4-9(13-5-8)6-12-7-10-2-1-3-14-10/h1-5,12-13H,6-7H2. The summed E-state index contributed by atoms with van der Waals surface area (Å²) in [5.74, 6) is 0.933. The Hall–Kier alpha value is -1.19. The monoisotopic (exact) mass is 210 g/mol. The molecule has 2 N–H and O–H groups in total. The largest absolute Gasteiger partial charge is 0.468 e. The summed E-state index contributed by atoms with van der Waals surface area (Å²) in [7, 11) is 0. The van der Waals surface area contributed by atoms with Crippen molar-refractivity contribution in [3.05, 3.63) is 47.1 Å². The molecule has 2 aromatic rings. The van der Waals surface area contributed by atoms with Gasteiger partial charge < -0.3 is 14.7 Å². The molecule has 2 heterocycles. The highest BCUT2D eigenvalue weighted by Crippen LogP contribution is 2.09. The smallest absolute Gasteiger partial charge is 0.117 e. The lowest BCUT2D eigenvalue weighted by Crippen LogP contribution is -2.12. The Morgan fingerprint density at radius 2 is 2.36 bits per heavy atom. The topological polar surface area (TPSA) is 41.0 Å². The van der Waals surface area contributed by atoms with Crippen molar-refractivity contribution in [1.29, 1.82) is 0 Å². The molecule has 0 aliphatic carbocycles.